The predicted octanol–water partition coefficient (Wildman–Crippen LogP) is 1.75. The zero-order chi connectivity index (χ0) is 11.7. The molecule has 1 unspecified atom stereocenters. The van der Waals surface area contributed by atoms with Gasteiger partial charge in [0.1, 0.15) is 5.52 Å². The van der Waals surface area contributed by atoms with Gasteiger partial charge in [0.15, 0.2) is 11.4 Å². The van der Waals surface area contributed by atoms with E-state index in [4.69, 9.17) is 10.2 Å². The minimum atomic E-state index is -0.373. The van der Waals surface area contributed by atoms with Crippen LogP contribution in [-0.4, -0.2) is 24.6 Å². The lowest BCUT2D eigenvalue weighted by Crippen LogP contribution is -2.32. The van der Waals surface area contributed by atoms with Gasteiger partial charge >= 0.3 is 0 Å². The van der Waals surface area contributed by atoms with Crippen LogP contribution in [0.1, 0.15) is 6.92 Å². The zero-order valence-corrected chi connectivity index (χ0v) is 9.27. The summed E-state index contributed by atoms with van der Waals surface area (Å²) in [7, 11) is 1.81. The average molecular weight is 223 g/mol. The molecule has 4 nitrogen and oxygen atoms in total. The lowest BCUT2D eigenvalue weighted by molar-refractivity contribution is 0.569. The number of nitrogens with two attached hydrogens (primary N) is 1. The topological polar surface area (TPSA) is 55.3 Å². The Kier molecular flexibility index (Phi) is 2.78. The number of rotatable bonds is 3. The van der Waals surface area contributed by atoms with Crippen molar-refractivity contribution < 1.29 is 8.81 Å². The Labute approximate surface area is 92.9 Å². The van der Waals surface area contributed by atoms with E-state index in [0.29, 0.717) is 18.1 Å². The van der Waals surface area contributed by atoms with Gasteiger partial charge in [0, 0.05) is 19.6 Å². The Morgan fingerprint density at radius 3 is 2.94 bits per heavy atom. The molecule has 1 atom stereocenters. The Balaban J connectivity index is 2.36. The van der Waals surface area contributed by atoms with E-state index in [9.17, 15) is 4.39 Å². The molecular weight excluding hydrogens is 209 g/mol. The van der Waals surface area contributed by atoms with Crippen molar-refractivity contribution in [2.45, 2.75) is 13.0 Å². The summed E-state index contributed by atoms with van der Waals surface area (Å²) >= 11 is 0. The van der Waals surface area contributed by atoms with Gasteiger partial charge in [-0.25, -0.2) is 4.39 Å². The maximum Gasteiger partial charge on any atom is 0.298 e. The van der Waals surface area contributed by atoms with Crippen molar-refractivity contribution in [1.82, 2.24) is 4.98 Å². The highest BCUT2D eigenvalue weighted by atomic mass is 19.1. The average Bonchev–Trinajstić information content (AvgIpc) is 2.61. The van der Waals surface area contributed by atoms with Gasteiger partial charge in [-0.1, -0.05) is 6.07 Å². The van der Waals surface area contributed by atoms with E-state index in [-0.39, 0.29) is 17.4 Å². The molecule has 5 heteroatoms. The minimum Gasteiger partial charge on any atom is -0.423 e. The molecule has 2 aromatic rings. The second-order valence-electron chi connectivity index (χ2n) is 3.94. The fraction of sp³-hybridized carbons (Fsp3) is 0.364. The van der Waals surface area contributed by atoms with Crippen molar-refractivity contribution in [2.75, 3.05) is 18.5 Å². The summed E-state index contributed by atoms with van der Waals surface area (Å²) in [6, 6.07) is 5.04. The number of aromatic nitrogens is 1. The van der Waals surface area contributed by atoms with Crippen LogP contribution in [0.2, 0.25) is 0 Å². The lowest BCUT2D eigenvalue weighted by atomic mass is 10.3. The van der Waals surface area contributed by atoms with Crippen LogP contribution >= 0.6 is 0 Å². The van der Waals surface area contributed by atoms with E-state index in [1.165, 1.54) is 6.07 Å². The molecule has 0 spiro atoms. The zero-order valence-electron chi connectivity index (χ0n) is 9.27. The van der Waals surface area contributed by atoms with Crippen molar-refractivity contribution in [1.29, 1.82) is 0 Å². The maximum atomic E-state index is 13.4. The van der Waals surface area contributed by atoms with E-state index in [0.717, 1.165) is 0 Å². The number of hydrogen-bond donors (Lipinski definition) is 1. The fourth-order valence-corrected chi connectivity index (χ4v) is 1.58. The van der Waals surface area contributed by atoms with E-state index < -0.39 is 0 Å². The van der Waals surface area contributed by atoms with Gasteiger partial charge in [-0.05, 0) is 19.1 Å². The molecule has 0 aliphatic carbocycles. The second-order valence-corrected chi connectivity index (χ2v) is 3.94. The maximum absolute atomic E-state index is 13.4. The molecule has 0 radical (unpaired) electrons. The lowest BCUT2D eigenvalue weighted by Gasteiger charge is -2.16. The summed E-state index contributed by atoms with van der Waals surface area (Å²) in [5.74, 6) is -0.373. The molecule has 0 aliphatic heterocycles. The summed E-state index contributed by atoms with van der Waals surface area (Å²) in [6.45, 7) is 2.49. The quantitative estimate of drug-likeness (QED) is 0.861. The highest BCUT2D eigenvalue weighted by Gasteiger charge is 2.13. The summed E-state index contributed by atoms with van der Waals surface area (Å²) < 4.78 is 18.8. The molecule has 0 saturated heterocycles. The molecule has 1 aromatic carbocycles. The van der Waals surface area contributed by atoms with Crippen LogP contribution in [0.5, 0.6) is 0 Å². The third-order valence-corrected chi connectivity index (χ3v) is 2.25. The van der Waals surface area contributed by atoms with E-state index in [1.54, 1.807) is 17.0 Å². The van der Waals surface area contributed by atoms with Crippen LogP contribution in [0, 0.1) is 5.82 Å². The fourth-order valence-electron chi connectivity index (χ4n) is 1.58. The smallest absolute Gasteiger partial charge is 0.298 e. The van der Waals surface area contributed by atoms with Crippen LogP contribution in [0.4, 0.5) is 10.4 Å². The van der Waals surface area contributed by atoms with E-state index in [1.807, 2.05) is 14.0 Å². The molecular formula is C11H14FN3O. The molecule has 16 heavy (non-hydrogen) atoms. The number of fused-ring (bicyclic) bond motifs is 1. The first-order chi connectivity index (χ1) is 7.58. The molecule has 2 rings (SSSR count). The molecule has 1 heterocycles. The van der Waals surface area contributed by atoms with Gasteiger partial charge in [0.25, 0.3) is 6.01 Å². The van der Waals surface area contributed by atoms with Crippen molar-refractivity contribution in [3.8, 4) is 0 Å². The number of likely N-dealkylation sites (N-methyl/N-ethyl adjacent to an activating group) is 1. The highest BCUT2D eigenvalue weighted by Crippen LogP contribution is 2.22. The minimum absolute atomic E-state index is 0.00450. The summed E-state index contributed by atoms with van der Waals surface area (Å²) in [4.78, 5) is 5.86. The van der Waals surface area contributed by atoms with Crippen LogP contribution in [-0.2, 0) is 0 Å². The van der Waals surface area contributed by atoms with Gasteiger partial charge in [0.05, 0.1) is 0 Å². The number of halogens is 1. The Morgan fingerprint density at radius 2 is 2.31 bits per heavy atom. The number of nitrogens with zero attached hydrogens (tertiary/aromatic N) is 2. The molecule has 2 N–H and O–H groups in total. The van der Waals surface area contributed by atoms with Crippen LogP contribution < -0.4 is 10.6 Å². The van der Waals surface area contributed by atoms with Crippen molar-refractivity contribution in [3.05, 3.63) is 24.0 Å². The molecule has 86 valence electrons. The first-order valence-electron chi connectivity index (χ1n) is 5.09. The number of para-hydroxylation sites is 1. The van der Waals surface area contributed by atoms with Crippen molar-refractivity contribution in [3.63, 3.8) is 0 Å². The van der Waals surface area contributed by atoms with Crippen molar-refractivity contribution >= 4 is 17.1 Å². The summed E-state index contributed by atoms with van der Waals surface area (Å²) in [5.41, 5.74) is 6.38. The second kappa shape index (κ2) is 4.09. The summed E-state index contributed by atoms with van der Waals surface area (Å²) in [5, 5.41) is 0. The Bertz CT molecular complexity index is 495. The largest absolute Gasteiger partial charge is 0.423 e. The molecule has 0 fully saturated rings. The number of hydrogen-bond acceptors (Lipinski definition) is 4. The van der Waals surface area contributed by atoms with Crippen LogP contribution in [0.25, 0.3) is 11.1 Å². The monoisotopic (exact) mass is 223 g/mol. The molecule has 0 amide bonds. The first-order valence-corrected chi connectivity index (χ1v) is 5.09. The first kappa shape index (κ1) is 10.9. The highest BCUT2D eigenvalue weighted by molar-refractivity contribution is 5.75. The molecule has 0 saturated carbocycles. The van der Waals surface area contributed by atoms with E-state index >= 15 is 0 Å². The third-order valence-electron chi connectivity index (χ3n) is 2.25. The predicted molar refractivity (Wildman–Crippen MR) is 60.9 cm³/mol. The van der Waals surface area contributed by atoms with Crippen LogP contribution in [0.3, 0.4) is 0 Å². The van der Waals surface area contributed by atoms with E-state index in [2.05, 4.69) is 4.98 Å². The number of anilines is 1. The molecule has 0 aliphatic rings. The Morgan fingerprint density at radius 1 is 1.56 bits per heavy atom. The molecule has 1 aromatic heterocycles. The normalized spacial score (nSPS) is 13.0. The number of benzene rings is 1. The van der Waals surface area contributed by atoms with Gasteiger partial charge in [-0.2, -0.15) is 4.98 Å². The summed E-state index contributed by atoms with van der Waals surface area (Å²) in [6.07, 6.45) is 0. The SMILES string of the molecule is CC(N)CN(C)c1nc2c(F)cccc2o1. The number of oxazole rings is 1. The van der Waals surface area contributed by atoms with Gasteiger partial charge in [-0.3, -0.25) is 0 Å². The van der Waals surface area contributed by atoms with Gasteiger partial charge < -0.3 is 15.1 Å². The van der Waals surface area contributed by atoms with Gasteiger partial charge in [-0.15, -0.1) is 0 Å². The third kappa shape index (κ3) is 1.99. The Hall–Kier alpha value is -1.62. The van der Waals surface area contributed by atoms with Gasteiger partial charge in [0.2, 0.25) is 0 Å². The van der Waals surface area contributed by atoms with Crippen LogP contribution in [0.15, 0.2) is 22.6 Å². The van der Waals surface area contributed by atoms with Crippen molar-refractivity contribution in [2.24, 2.45) is 5.73 Å². The molecule has 0 bridgehead atoms. The standard InChI is InChI=1S/C11H14FN3O/c1-7(13)6-15(2)11-14-10-8(12)4-3-5-9(10)16-11/h3-5,7H,6,13H2,1-2H3.